The van der Waals surface area contributed by atoms with Crippen molar-refractivity contribution in [3.63, 3.8) is 0 Å². The van der Waals surface area contributed by atoms with E-state index in [4.69, 9.17) is 9.47 Å². The summed E-state index contributed by atoms with van der Waals surface area (Å²) in [5.74, 6) is 0.870. The first kappa shape index (κ1) is 18.6. The second-order valence-electron chi connectivity index (χ2n) is 7.55. The molecule has 1 heterocycles. The van der Waals surface area contributed by atoms with Crippen LogP contribution in [0.2, 0.25) is 0 Å². The summed E-state index contributed by atoms with van der Waals surface area (Å²) < 4.78 is 10.6. The Bertz CT molecular complexity index is 537. The lowest BCUT2D eigenvalue weighted by Crippen LogP contribution is -2.51. The average molecular weight is 334 g/mol. The van der Waals surface area contributed by atoms with Gasteiger partial charge in [0.1, 0.15) is 11.4 Å². The van der Waals surface area contributed by atoms with E-state index in [1.54, 1.807) is 7.11 Å². The summed E-state index contributed by atoms with van der Waals surface area (Å²) in [6.45, 7) is 9.60. The predicted molar refractivity (Wildman–Crippen MR) is 95.3 cm³/mol. The van der Waals surface area contributed by atoms with Crippen LogP contribution < -0.4 is 10.1 Å². The van der Waals surface area contributed by atoms with Gasteiger partial charge in [0.15, 0.2) is 0 Å². The van der Waals surface area contributed by atoms with E-state index in [0.29, 0.717) is 6.04 Å². The highest BCUT2D eigenvalue weighted by Gasteiger charge is 2.27. The number of hydrogen-bond donors (Lipinski definition) is 1. The van der Waals surface area contributed by atoms with Gasteiger partial charge < -0.3 is 14.8 Å². The molecule has 5 heteroatoms. The van der Waals surface area contributed by atoms with Crippen molar-refractivity contribution in [3.8, 4) is 5.75 Å². The van der Waals surface area contributed by atoms with Crippen LogP contribution in [0.3, 0.4) is 0 Å². The first-order valence-electron chi connectivity index (χ1n) is 8.63. The second-order valence-corrected chi connectivity index (χ2v) is 7.55. The van der Waals surface area contributed by atoms with E-state index in [2.05, 4.69) is 29.3 Å². The maximum atomic E-state index is 12.0. The number of alkyl carbamates (subject to hydrolysis) is 1. The average Bonchev–Trinajstić information content (AvgIpc) is 2.49. The van der Waals surface area contributed by atoms with Crippen LogP contribution in [-0.2, 0) is 11.3 Å². The van der Waals surface area contributed by atoms with Crippen molar-refractivity contribution in [1.29, 1.82) is 0 Å². The number of piperidine rings is 1. The smallest absolute Gasteiger partial charge is 0.407 e. The third-order valence-corrected chi connectivity index (χ3v) is 4.28. The Balaban J connectivity index is 1.91. The molecule has 1 aliphatic rings. The van der Waals surface area contributed by atoms with Gasteiger partial charge in [-0.2, -0.15) is 0 Å². The van der Waals surface area contributed by atoms with Crippen molar-refractivity contribution < 1.29 is 14.3 Å². The van der Waals surface area contributed by atoms with Gasteiger partial charge in [-0.1, -0.05) is 12.1 Å². The quantitative estimate of drug-likeness (QED) is 0.914. The number of methoxy groups -OCH3 is 1. The molecule has 0 saturated carbocycles. The molecule has 2 rings (SSSR count). The van der Waals surface area contributed by atoms with E-state index in [-0.39, 0.29) is 12.1 Å². The van der Waals surface area contributed by atoms with Crippen LogP contribution >= 0.6 is 0 Å². The Morgan fingerprint density at radius 3 is 2.50 bits per heavy atom. The van der Waals surface area contributed by atoms with E-state index in [9.17, 15) is 4.79 Å². The van der Waals surface area contributed by atoms with Crippen molar-refractivity contribution in [1.82, 2.24) is 10.2 Å². The normalized spacial score (nSPS) is 22.0. The van der Waals surface area contributed by atoms with Gasteiger partial charge in [0.05, 0.1) is 7.11 Å². The highest BCUT2D eigenvalue weighted by atomic mass is 16.6. The van der Waals surface area contributed by atoms with Gasteiger partial charge in [0.25, 0.3) is 0 Å². The number of carbonyl (C=O) groups is 1. The minimum absolute atomic E-state index is 0.134. The summed E-state index contributed by atoms with van der Waals surface area (Å²) in [5.41, 5.74) is 0.787. The fourth-order valence-electron chi connectivity index (χ4n) is 2.96. The SMILES string of the molecule is COc1ccc(CN2C[C@H](NC(=O)OC(C)(C)C)CC[C@@H]2C)cc1. The number of carbonyl (C=O) groups excluding carboxylic acids is 1. The summed E-state index contributed by atoms with van der Waals surface area (Å²) in [6.07, 6.45) is 1.72. The second kappa shape index (κ2) is 7.88. The van der Waals surface area contributed by atoms with E-state index in [1.807, 2.05) is 32.9 Å². The molecule has 1 N–H and O–H groups in total. The van der Waals surface area contributed by atoms with Gasteiger partial charge in [-0.05, 0) is 58.2 Å². The molecule has 0 aliphatic carbocycles. The molecule has 24 heavy (non-hydrogen) atoms. The highest BCUT2D eigenvalue weighted by molar-refractivity contribution is 5.68. The van der Waals surface area contributed by atoms with E-state index < -0.39 is 5.60 Å². The van der Waals surface area contributed by atoms with Crippen LogP contribution in [0.25, 0.3) is 0 Å². The largest absolute Gasteiger partial charge is 0.497 e. The lowest BCUT2D eigenvalue weighted by molar-refractivity contribution is 0.0443. The van der Waals surface area contributed by atoms with E-state index in [0.717, 1.165) is 31.7 Å². The van der Waals surface area contributed by atoms with Crippen molar-refractivity contribution in [3.05, 3.63) is 29.8 Å². The van der Waals surface area contributed by atoms with Crippen molar-refractivity contribution >= 4 is 6.09 Å². The zero-order valence-electron chi connectivity index (χ0n) is 15.5. The molecule has 1 fully saturated rings. The molecular formula is C19H30N2O3. The minimum Gasteiger partial charge on any atom is -0.497 e. The molecule has 5 nitrogen and oxygen atoms in total. The summed E-state index contributed by atoms with van der Waals surface area (Å²) in [6, 6.07) is 8.80. The zero-order valence-corrected chi connectivity index (χ0v) is 15.5. The Morgan fingerprint density at radius 1 is 1.25 bits per heavy atom. The molecule has 1 aliphatic heterocycles. The summed E-state index contributed by atoms with van der Waals surface area (Å²) in [7, 11) is 1.68. The molecule has 1 aromatic carbocycles. The minimum atomic E-state index is -0.463. The molecule has 134 valence electrons. The third kappa shape index (κ3) is 5.71. The molecule has 0 aromatic heterocycles. The fourth-order valence-corrected chi connectivity index (χ4v) is 2.96. The van der Waals surface area contributed by atoms with Gasteiger partial charge in [-0.25, -0.2) is 4.79 Å². The third-order valence-electron chi connectivity index (χ3n) is 4.28. The van der Waals surface area contributed by atoms with Gasteiger partial charge >= 0.3 is 6.09 Å². The molecule has 0 spiro atoms. The summed E-state index contributed by atoms with van der Waals surface area (Å²) in [4.78, 5) is 14.4. The number of rotatable bonds is 4. The number of nitrogens with one attached hydrogen (secondary N) is 1. The van der Waals surface area contributed by atoms with Crippen LogP contribution in [0.1, 0.15) is 46.1 Å². The van der Waals surface area contributed by atoms with Gasteiger partial charge in [0.2, 0.25) is 0 Å². The Hall–Kier alpha value is -1.75. The van der Waals surface area contributed by atoms with Crippen LogP contribution in [-0.4, -0.2) is 42.3 Å². The standard InChI is InChI=1S/C19H30N2O3/c1-14-6-9-16(20-18(22)24-19(2,3)4)13-21(14)12-15-7-10-17(23-5)11-8-15/h7-8,10-11,14,16H,6,9,12-13H2,1-5H3,(H,20,22)/t14-,16+/m0/s1. The van der Waals surface area contributed by atoms with Gasteiger partial charge in [0, 0.05) is 25.2 Å². The molecule has 0 bridgehead atoms. The van der Waals surface area contributed by atoms with Crippen LogP contribution in [0.5, 0.6) is 5.75 Å². The summed E-state index contributed by atoms with van der Waals surface area (Å²) in [5, 5.41) is 3.01. The molecule has 1 aromatic rings. The van der Waals surface area contributed by atoms with Gasteiger partial charge in [-0.15, -0.1) is 0 Å². The van der Waals surface area contributed by atoms with Crippen molar-refractivity contribution in [2.75, 3.05) is 13.7 Å². The Kier molecular flexibility index (Phi) is 6.10. The van der Waals surface area contributed by atoms with Crippen molar-refractivity contribution in [2.24, 2.45) is 0 Å². The maximum Gasteiger partial charge on any atom is 0.407 e. The number of hydrogen-bond acceptors (Lipinski definition) is 4. The zero-order chi connectivity index (χ0) is 17.7. The number of nitrogens with zero attached hydrogens (tertiary/aromatic N) is 1. The number of amides is 1. The summed E-state index contributed by atoms with van der Waals surface area (Å²) >= 11 is 0. The Morgan fingerprint density at radius 2 is 1.92 bits per heavy atom. The lowest BCUT2D eigenvalue weighted by Gasteiger charge is -2.38. The molecule has 2 atom stereocenters. The van der Waals surface area contributed by atoms with Crippen LogP contribution in [0.15, 0.2) is 24.3 Å². The lowest BCUT2D eigenvalue weighted by atomic mass is 9.98. The first-order valence-corrected chi connectivity index (χ1v) is 8.63. The fraction of sp³-hybridized carbons (Fsp3) is 0.632. The number of ether oxygens (including phenoxy) is 2. The highest BCUT2D eigenvalue weighted by Crippen LogP contribution is 2.21. The van der Waals surface area contributed by atoms with Crippen LogP contribution in [0.4, 0.5) is 4.79 Å². The Labute approximate surface area is 145 Å². The monoisotopic (exact) mass is 334 g/mol. The van der Waals surface area contributed by atoms with Gasteiger partial charge in [-0.3, -0.25) is 4.90 Å². The van der Waals surface area contributed by atoms with E-state index >= 15 is 0 Å². The van der Waals surface area contributed by atoms with E-state index in [1.165, 1.54) is 5.56 Å². The molecule has 0 radical (unpaired) electrons. The number of benzene rings is 1. The van der Waals surface area contributed by atoms with Crippen LogP contribution in [0, 0.1) is 0 Å². The molecular weight excluding hydrogens is 304 g/mol. The molecule has 1 saturated heterocycles. The first-order chi connectivity index (χ1) is 11.3. The maximum absolute atomic E-state index is 12.0. The predicted octanol–water partition coefficient (Wildman–Crippen LogP) is 3.57. The topological polar surface area (TPSA) is 50.8 Å². The molecule has 0 unspecified atom stereocenters. The number of likely N-dealkylation sites (tertiary alicyclic amines) is 1. The van der Waals surface area contributed by atoms with Crippen molar-refractivity contribution in [2.45, 2.75) is 64.8 Å². The molecule has 1 amide bonds.